The van der Waals surface area contributed by atoms with Crippen molar-refractivity contribution in [2.24, 2.45) is 5.73 Å². The summed E-state index contributed by atoms with van der Waals surface area (Å²) in [5, 5.41) is 2.89. The molecule has 0 saturated carbocycles. The highest BCUT2D eigenvalue weighted by molar-refractivity contribution is 5.85. The van der Waals surface area contributed by atoms with E-state index in [0.717, 1.165) is 5.56 Å². The Morgan fingerprint density at radius 2 is 1.76 bits per heavy atom. The first-order valence-corrected chi connectivity index (χ1v) is 8.00. The lowest BCUT2D eigenvalue weighted by Crippen LogP contribution is -2.25. The van der Waals surface area contributed by atoms with Gasteiger partial charge in [-0.15, -0.1) is 12.4 Å². The van der Waals surface area contributed by atoms with Crippen LogP contribution in [0.25, 0.3) is 0 Å². The van der Waals surface area contributed by atoms with Gasteiger partial charge in [0.05, 0.1) is 7.11 Å². The summed E-state index contributed by atoms with van der Waals surface area (Å²) in [4.78, 5) is 11.7. The lowest BCUT2D eigenvalue weighted by molar-refractivity contribution is -0.121. The third kappa shape index (κ3) is 7.03. The molecule has 0 spiro atoms. The summed E-state index contributed by atoms with van der Waals surface area (Å²) in [6.07, 6.45) is 1.14. The molecule has 0 fully saturated rings. The van der Waals surface area contributed by atoms with Gasteiger partial charge in [0.25, 0.3) is 0 Å². The van der Waals surface area contributed by atoms with Gasteiger partial charge in [0.15, 0.2) is 11.5 Å². The van der Waals surface area contributed by atoms with Crippen LogP contribution in [0.2, 0.25) is 0 Å². The highest BCUT2D eigenvalue weighted by Gasteiger charge is 2.06. The Hall–Kier alpha value is -2.24. The Morgan fingerprint density at radius 1 is 1.12 bits per heavy atom. The van der Waals surface area contributed by atoms with Crippen LogP contribution in [0.1, 0.15) is 25.3 Å². The molecule has 0 aromatic heterocycles. The van der Waals surface area contributed by atoms with Gasteiger partial charge < -0.3 is 20.5 Å². The van der Waals surface area contributed by atoms with Crippen molar-refractivity contribution in [2.75, 3.05) is 7.11 Å². The minimum absolute atomic E-state index is 0. The number of nitrogens with one attached hydrogen (secondary N) is 1. The minimum atomic E-state index is 0. The predicted octanol–water partition coefficient (Wildman–Crippen LogP) is 3.65. The summed E-state index contributed by atoms with van der Waals surface area (Å²) in [5.41, 5.74) is 6.66. The van der Waals surface area contributed by atoms with Crippen molar-refractivity contribution in [2.45, 2.75) is 32.4 Å². The molecule has 0 aliphatic carbocycles. The molecule has 2 aromatic rings. The van der Waals surface area contributed by atoms with Crippen LogP contribution in [0.5, 0.6) is 17.2 Å². The number of nitrogens with two attached hydrogens (primary N) is 1. The maximum absolute atomic E-state index is 11.7. The Balaban J connectivity index is 0.00000312. The molecule has 25 heavy (non-hydrogen) atoms. The zero-order chi connectivity index (χ0) is 17.4. The van der Waals surface area contributed by atoms with Crippen molar-refractivity contribution in [3.63, 3.8) is 0 Å². The standard InChI is InChI=1S/C19H24N2O3.ClH/c1-14(20)7-12-19(22)21-13-15-8-10-16(11-9-15)24-18-6-4-3-5-17(18)23-2;/h3-6,8-11,14H,7,12-13,20H2,1-2H3,(H,21,22);1H. The second kappa shape index (κ2) is 10.6. The van der Waals surface area contributed by atoms with Gasteiger partial charge >= 0.3 is 0 Å². The van der Waals surface area contributed by atoms with E-state index in [9.17, 15) is 4.79 Å². The van der Waals surface area contributed by atoms with Crippen LogP contribution in [-0.4, -0.2) is 19.1 Å². The molecule has 1 amide bonds. The summed E-state index contributed by atoms with van der Waals surface area (Å²) in [6, 6.07) is 15.1. The predicted molar refractivity (Wildman–Crippen MR) is 101 cm³/mol. The Kier molecular flexibility index (Phi) is 8.81. The molecule has 0 bridgehead atoms. The molecule has 0 aliphatic heterocycles. The molecule has 136 valence electrons. The number of halogens is 1. The third-order valence-corrected chi connectivity index (χ3v) is 3.54. The number of hydrogen-bond acceptors (Lipinski definition) is 4. The number of methoxy groups -OCH3 is 1. The summed E-state index contributed by atoms with van der Waals surface area (Å²) >= 11 is 0. The highest BCUT2D eigenvalue weighted by Crippen LogP contribution is 2.30. The molecule has 5 nitrogen and oxygen atoms in total. The minimum Gasteiger partial charge on any atom is -0.493 e. The quantitative estimate of drug-likeness (QED) is 0.749. The maximum Gasteiger partial charge on any atom is 0.220 e. The number of carbonyl (C=O) groups is 1. The van der Waals surface area contributed by atoms with E-state index >= 15 is 0 Å². The zero-order valence-corrected chi connectivity index (χ0v) is 15.3. The Morgan fingerprint density at radius 3 is 2.36 bits per heavy atom. The highest BCUT2D eigenvalue weighted by atomic mass is 35.5. The number of ether oxygens (including phenoxy) is 2. The Labute approximate surface area is 154 Å². The van der Waals surface area contributed by atoms with Crippen LogP contribution in [0.4, 0.5) is 0 Å². The first-order valence-electron chi connectivity index (χ1n) is 8.00. The summed E-state index contributed by atoms with van der Waals surface area (Å²) in [5.74, 6) is 2.08. The second-order valence-corrected chi connectivity index (χ2v) is 5.69. The van der Waals surface area contributed by atoms with E-state index in [1.165, 1.54) is 0 Å². The molecular formula is C19H25ClN2O3. The monoisotopic (exact) mass is 364 g/mol. The molecule has 0 saturated heterocycles. The molecule has 6 heteroatoms. The van der Waals surface area contributed by atoms with E-state index in [2.05, 4.69) is 5.32 Å². The summed E-state index contributed by atoms with van der Waals surface area (Å²) in [7, 11) is 1.61. The van der Waals surface area contributed by atoms with Crippen molar-refractivity contribution in [3.05, 3.63) is 54.1 Å². The smallest absolute Gasteiger partial charge is 0.220 e. The van der Waals surface area contributed by atoms with Crippen LogP contribution >= 0.6 is 12.4 Å². The van der Waals surface area contributed by atoms with Crippen LogP contribution in [0.15, 0.2) is 48.5 Å². The number of benzene rings is 2. The molecule has 0 aliphatic rings. The average molecular weight is 365 g/mol. The molecule has 0 radical (unpaired) electrons. The molecule has 0 heterocycles. The summed E-state index contributed by atoms with van der Waals surface area (Å²) < 4.78 is 11.1. The van der Waals surface area contributed by atoms with Crippen LogP contribution in [0, 0.1) is 0 Å². The average Bonchev–Trinajstić information content (AvgIpc) is 2.60. The fourth-order valence-corrected chi connectivity index (χ4v) is 2.15. The number of amides is 1. The lowest BCUT2D eigenvalue weighted by atomic mass is 10.2. The lowest BCUT2D eigenvalue weighted by Gasteiger charge is -2.11. The third-order valence-electron chi connectivity index (χ3n) is 3.54. The zero-order valence-electron chi connectivity index (χ0n) is 14.5. The van der Waals surface area contributed by atoms with Gasteiger partial charge in [-0.2, -0.15) is 0 Å². The van der Waals surface area contributed by atoms with Crippen molar-refractivity contribution in [3.8, 4) is 17.2 Å². The van der Waals surface area contributed by atoms with Crippen molar-refractivity contribution >= 4 is 18.3 Å². The van der Waals surface area contributed by atoms with Crippen molar-refractivity contribution in [1.82, 2.24) is 5.32 Å². The number of rotatable bonds is 8. The van der Waals surface area contributed by atoms with E-state index < -0.39 is 0 Å². The Bertz CT molecular complexity index is 660. The van der Waals surface area contributed by atoms with E-state index in [-0.39, 0.29) is 24.4 Å². The maximum atomic E-state index is 11.7. The first-order chi connectivity index (χ1) is 11.6. The van der Waals surface area contributed by atoms with Crippen LogP contribution < -0.4 is 20.5 Å². The van der Waals surface area contributed by atoms with Gasteiger partial charge in [-0.05, 0) is 43.2 Å². The molecule has 2 rings (SSSR count). The number of hydrogen-bond donors (Lipinski definition) is 2. The van der Waals surface area contributed by atoms with E-state index in [1.54, 1.807) is 7.11 Å². The van der Waals surface area contributed by atoms with Gasteiger partial charge in [-0.3, -0.25) is 4.79 Å². The van der Waals surface area contributed by atoms with Gasteiger partial charge in [-0.25, -0.2) is 0 Å². The first kappa shape index (κ1) is 20.8. The fraction of sp³-hybridized carbons (Fsp3) is 0.316. The normalized spacial score (nSPS) is 11.2. The summed E-state index contributed by atoms with van der Waals surface area (Å²) in [6.45, 7) is 2.39. The van der Waals surface area contributed by atoms with Crippen LogP contribution in [0.3, 0.4) is 0 Å². The van der Waals surface area contributed by atoms with Crippen molar-refractivity contribution < 1.29 is 14.3 Å². The van der Waals surface area contributed by atoms with Gasteiger partial charge in [-0.1, -0.05) is 24.3 Å². The largest absolute Gasteiger partial charge is 0.493 e. The number of para-hydroxylation sites is 2. The fourth-order valence-electron chi connectivity index (χ4n) is 2.15. The molecule has 3 N–H and O–H groups in total. The van der Waals surface area contributed by atoms with Gasteiger partial charge in [0.1, 0.15) is 5.75 Å². The van der Waals surface area contributed by atoms with Crippen molar-refractivity contribution in [1.29, 1.82) is 0 Å². The second-order valence-electron chi connectivity index (χ2n) is 5.69. The SMILES string of the molecule is COc1ccccc1Oc1ccc(CNC(=O)CCC(C)N)cc1.Cl. The molecular weight excluding hydrogens is 340 g/mol. The van der Waals surface area contributed by atoms with Gasteiger partial charge in [0, 0.05) is 19.0 Å². The van der Waals surface area contributed by atoms with E-state index in [0.29, 0.717) is 36.6 Å². The number of carbonyl (C=O) groups excluding carboxylic acids is 1. The van der Waals surface area contributed by atoms with E-state index in [4.69, 9.17) is 15.2 Å². The molecule has 1 unspecified atom stereocenters. The topological polar surface area (TPSA) is 73.6 Å². The van der Waals surface area contributed by atoms with Gasteiger partial charge in [0.2, 0.25) is 5.91 Å². The molecule has 2 aromatic carbocycles. The molecule has 1 atom stereocenters. The van der Waals surface area contributed by atoms with E-state index in [1.807, 2.05) is 55.5 Å². The van der Waals surface area contributed by atoms with Crippen LogP contribution in [-0.2, 0) is 11.3 Å².